The van der Waals surface area contributed by atoms with Crippen LogP contribution in [0, 0.1) is 12.1 Å². The summed E-state index contributed by atoms with van der Waals surface area (Å²) in [5.74, 6) is 1.29. The van der Waals surface area contributed by atoms with Crippen LogP contribution < -0.4 is 14.7 Å². The van der Waals surface area contributed by atoms with Crippen LogP contribution in [-0.2, 0) is 21.1 Å². The Morgan fingerprint density at radius 1 is 0.627 bits per heavy atom. The Kier molecular flexibility index (Phi) is 8.67. The smallest absolute Gasteiger partial charge is 0.358 e. The van der Waals surface area contributed by atoms with Crippen LogP contribution in [0.25, 0.3) is 27.6 Å². The van der Waals surface area contributed by atoms with E-state index in [0.717, 1.165) is 56.4 Å². The number of rotatable bonds is 7. The van der Waals surface area contributed by atoms with E-state index in [2.05, 4.69) is 197 Å². The molecular weight excluding hydrogens is 806 g/mol. The molecule has 0 atom stereocenters. The van der Waals surface area contributed by atoms with Gasteiger partial charge >= 0.3 is 21.1 Å². The van der Waals surface area contributed by atoms with Crippen molar-refractivity contribution in [3.63, 3.8) is 0 Å². The molecular formula is C45H35N5Pt. The fourth-order valence-corrected chi connectivity index (χ4v) is 7.13. The average Bonchev–Trinajstić information content (AvgIpc) is 3.72. The van der Waals surface area contributed by atoms with Crippen molar-refractivity contribution in [1.29, 1.82) is 0 Å². The Hall–Kier alpha value is -5.64. The molecule has 2 aromatic heterocycles. The Morgan fingerprint density at radius 2 is 1.31 bits per heavy atom. The molecule has 0 N–H and O–H groups in total. The summed E-state index contributed by atoms with van der Waals surface area (Å²) in [6.07, 6.45) is 1.92. The first-order valence-electron chi connectivity index (χ1n) is 17.1. The van der Waals surface area contributed by atoms with Crippen LogP contribution in [0.5, 0.6) is 0 Å². The second-order valence-electron chi connectivity index (χ2n) is 13.0. The molecule has 3 heterocycles. The number of nitrogens with zero attached hydrogens (tertiary/aromatic N) is 5. The Bertz CT molecular complexity index is 2470. The van der Waals surface area contributed by atoms with Gasteiger partial charge in [-0.25, -0.2) is 4.98 Å². The molecule has 9 rings (SSSR count). The van der Waals surface area contributed by atoms with Crippen molar-refractivity contribution in [1.82, 2.24) is 9.55 Å². The van der Waals surface area contributed by atoms with E-state index in [9.17, 15) is 0 Å². The number of hydrogen-bond donors (Lipinski definition) is 0. The van der Waals surface area contributed by atoms with Crippen LogP contribution in [0.1, 0.15) is 25.3 Å². The Morgan fingerprint density at radius 3 is 2.10 bits per heavy atom. The fourth-order valence-electron chi connectivity index (χ4n) is 7.13. The van der Waals surface area contributed by atoms with Gasteiger partial charge in [0.1, 0.15) is 5.82 Å². The molecule has 0 amide bonds. The van der Waals surface area contributed by atoms with Gasteiger partial charge in [0.15, 0.2) is 0 Å². The summed E-state index contributed by atoms with van der Waals surface area (Å²) in [6, 6.07) is 61.0. The molecule has 0 fully saturated rings. The summed E-state index contributed by atoms with van der Waals surface area (Å²) in [7, 11) is 0. The zero-order valence-electron chi connectivity index (χ0n) is 28.3. The van der Waals surface area contributed by atoms with Crippen molar-refractivity contribution in [2.24, 2.45) is 0 Å². The maximum Gasteiger partial charge on any atom is 2.00 e. The van der Waals surface area contributed by atoms with Crippen LogP contribution >= 0.6 is 0 Å². The summed E-state index contributed by atoms with van der Waals surface area (Å²) in [4.78, 5) is 11.8. The number of fused-ring (bicyclic) bond motifs is 4. The molecule has 0 spiro atoms. The molecule has 0 aliphatic carbocycles. The van der Waals surface area contributed by atoms with Crippen molar-refractivity contribution in [3.8, 4) is 5.82 Å². The molecule has 0 saturated carbocycles. The summed E-state index contributed by atoms with van der Waals surface area (Å²) < 4.78 is 2.25. The summed E-state index contributed by atoms with van der Waals surface area (Å²) in [5, 5.41) is 2.32. The minimum absolute atomic E-state index is 0. The van der Waals surface area contributed by atoms with Crippen LogP contribution in [0.4, 0.5) is 39.8 Å². The maximum absolute atomic E-state index is 4.87. The largest absolute Gasteiger partial charge is 2.00 e. The Labute approximate surface area is 313 Å². The zero-order valence-corrected chi connectivity index (χ0v) is 30.6. The molecule has 6 aromatic carbocycles. The quantitative estimate of drug-likeness (QED) is 0.149. The van der Waals surface area contributed by atoms with Crippen molar-refractivity contribution in [3.05, 3.63) is 176 Å². The SMILES string of the molecule is CC(C)c1ccnc(-n2c3[c-]c(N(c4[c-]c(N5CN(c6ccccc6)c6ccccc65)ccc4)c4ccccc4)ccc3c3ccccc32)c1.[Pt+2]. The van der Waals surface area contributed by atoms with Crippen molar-refractivity contribution < 1.29 is 21.1 Å². The molecule has 6 heteroatoms. The first kappa shape index (κ1) is 32.6. The van der Waals surface area contributed by atoms with Gasteiger partial charge in [0.05, 0.1) is 18.0 Å². The molecule has 8 aromatic rings. The van der Waals surface area contributed by atoms with E-state index in [1.165, 1.54) is 16.6 Å². The van der Waals surface area contributed by atoms with Crippen LogP contribution in [0.15, 0.2) is 158 Å². The molecule has 5 nitrogen and oxygen atoms in total. The standard InChI is InChI=1S/C45H35N5.Pt/c1-32(2)33-26-27-46-45(28-33)50-41-21-10-9-20-39(41)40-25-24-38(30-44(40)50)49(35-16-7-4-8-17-35)37-19-13-18-36(29-37)48-31-47(34-14-5-3-6-15-34)42-22-11-12-23-43(42)48;/h3-28,32H,31H2,1-2H3;/q-2;+2. The van der Waals surface area contributed by atoms with E-state index in [0.29, 0.717) is 12.6 Å². The summed E-state index contributed by atoms with van der Waals surface area (Å²) >= 11 is 0. The number of benzene rings is 6. The molecule has 1 aliphatic heterocycles. The monoisotopic (exact) mass is 840 g/mol. The Balaban J connectivity index is 0.00000374. The van der Waals surface area contributed by atoms with E-state index < -0.39 is 0 Å². The van der Waals surface area contributed by atoms with E-state index in [-0.39, 0.29) is 21.1 Å². The normalized spacial score (nSPS) is 12.4. The third-order valence-electron chi connectivity index (χ3n) is 9.60. The zero-order chi connectivity index (χ0) is 33.6. The van der Waals surface area contributed by atoms with Gasteiger partial charge in [-0.05, 0) is 71.5 Å². The minimum Gasteiger partial charge on any atom is -0.358 e. The van der Waals surface area contributed by atoms with Crippen molar-refractivity contribution >= 4 is 61.6 Å². The molecule has 0 saturated heterocycles. The predicted octanol–water partition coefficient (Wildman–Crippen LogP) is 11.6. The van der Waals surface area contributed by atoms with E-state index in [1.54, 1.807) is 0 Å². The van der Waals surface area contributed by atoms with Gasteiger partial charge in [-0.1, -0.05) is 103 Å². The summed E-state index contributed by atoms with van der Waals surface area (Å²) in [6.45, 7) is 5.13. The van der Waals surface area contributed by atoms with E-state index in [1.807, 2.05) is 6.20 Å². The third kappa shape index (κ3) is 5.78. The van der Waals surface area contributed by atoms with Crippen LogP contribution in [0.3, 0.4) is 0 Å². The molecule has 250 valence electrons. The average molecular weight is 841 g/mol. The minimum atomic E-state index is 0. The first-order valence-corrected chi connectivity index (χ1v) is 17.1. The van der Waals surface area contributed by atoms with Gasteiger partial charge < -0.3 is 19.3 Å². The van der Waals surface area contributed by atoms with E-state index in [4.69, 9.17) is 4.98 Å². The van der Waals surface area contributed by atoms with Gasteiger partial charge in [-0.2, -0.15) is 12.1 Å². The van der Waals surface area contributed by atoms with E-state index >= 15 is 0 Å². The van der Waals surface area contributed by atoms with Gasteiger partial charge in [-0.15, -0.1) is 35.7 Å². The van der Waals surface area contributed by atoms with Gasteiger partial charge in [-0.3, -0.25) is 0 Å². The predicted molar refractivity (Wildman–Crippen MR) is 207 cm³/mol. The topological polar surface area (TPSA) is 27.5 Å². The second kappa shape index (κ2) is 13.6. The maximum atomic E-state index is 4.87. The molecule has 0 bridgehead atoms. The van der Waals surface area contributed by atoms with Gasteiger partial charge in [0.25, 0.3) is 0 Å². The molecule has 0 unspecified atom stereocenters. The third-order valence-corrected chi connectivity index (χ3v) is 9.60. The summed E-state index contributed by atoms with van der Waals surface area (Å²) in [5.41, 5.74) is 10.7. The number of para-hydroxylation sites is 5. The number of pyridine rings is 1. The van der Waals surface area contributed by atoms with Gasteiger partial charge in [0.2, 0.25) is 0 Å². The number of hydrogen-bond acceptors (Lipinski definition) is 4. The van der Waals surface area contributed by atoms with Crippen molar-refractivity contribution in [2.45, 2.75) is 19.8 Å². The van der Waals surface area contributed by atoms with Crippen LogP contribution in [0.2, 0.25) is 0 Å². The molecule has 51 heavy (non-hydrogen) atoms. The van der Waals surface area contributed by atoms with Crippen LogP contribution in [-0.4, -0.2) is 16.2 Å². The molecule has 1 aliphatic rings. The number of aromatic nitrogens is 2. The van der Waals surface area contributed by atoms with Gasteiger partial charge in [0, 0.05) is 23.1 Å². The molecule has 0 radical (unpaired) electrons. The first-order chi connectivity index (χ1) is 24.6. The van der Waals surface area contributed by atoms with Crippen molar-refractivity contribution in [2.75, 3.05) is 21.4 Å². The second-order valence-corrected chi connectivity index (χ2v) is 13.0. The number of anilines is 7. The fraction of sp³-hybridized carbons (Fsp3) is 0.0889.